The molecule has 1 aromatic heterocycles. The summed E-state index contributed by atoms with van der Waals surface area (Å²) in [6.07, 6.45) is 1.58. The SMILES string of the molecule is Nc1nc(CCl)ncc1Br. The van der Waals surface area contributed by atoms with E-state index in [0.29, 0.717) is 16.1 Å². The van der Waals surface area contributed by atoms with Crippen molar-refractivity contribution in [3.63, 3.8) is 0 Å². The Hall–Kier alpha value is -0.350. The standard InChI is InChI=1S/C5H5BrClN3/c6-3-2-9-4(1-7)10-5(3)8/h2H,1H2,(H2,8,9,10). The van der Waals surface area contributed by atoms with Gasteiger partial charge in [-0.1, -0.05) is 0 Å². The van der Waals surface area contributed by atoms with Gasteiger partial charge in [0.1, 0.15) is 11.6 Å². The molecule has 0 amide bonds. The van der Waals surface area contributed by atoms with Gasteiger partial charge in [0, 0.05) is 6.20 Å². The van der Waals surface area contributed by atoms with Crippen LogP contribution in [0.15, 0.2) is 10.7 Å². The maximum atomic E-state index is 5.46. The van der Waals surface area contributed by atoms with Crippen LogP contribution in [-0.4, -0.2) is 9.97 Å². The molecule has 1 aromatic rings. The number of rotatable bonds is 1. The van der Waals surface area contributed by atoms with Crippen molar-refractivity contribution in [3.8, 4) is 0 Å². The van der Waals surface area contributed by atoms with E-state index in [1.165, 1.54) is 0 Å². The van der Waals surface area contributed by atoms with E-state index in [4.69, 9.17) is 17.3 Å². The van der Waals surface area contributed by atoms with Crippen LogP contribution in [0.4, 0.5) is 5.82 Å². The largest absolute Gasteiger partial charge is 0.383 e. The summed E-state index contributed by atoms with van der Waals surface area (Å²) in [7, 11) is 0. The molecule has 0 bridgehead atoms. The molecule has 0 unspecified atom stereocenters. The lowest BCUT2D eigenvalue weighted by Gasteiger charge is -1.96. The van der Waals surface area contributed by atoms with Crippen molar-refractivity contribution in [2.75, 3.05) is 5.73 Å². The van der Waals surface area contributed by atoms with Gasteiger partial charge < -0.3 is 5.73 Å². The number of aromatic nitrogens is 2. The van der Waals surface area contributed by atoms with Gasteiger partial charge in [-0.2, -0.15) is 0 Å². The fraction of sp³-hybridized carbons (Fsp3) is 0.200. The summed E-state index contributed by atoms with van der Waals surface area (Å²) < 4.78 is 0.696. The molecule has 0 aromatic carbocycles. The van der Waals surface area contributed by atoms with Crippen LogP contribution in [-0.2, 0) is 5.88 Å². The average molecular weight is 222 g/mol. The van der Waals surface area contributed by atoms with Gasteiger partial charge in [-0.15, -0.1) is 11.6 Å². The minimum Gasteiger partial charge on any atom is -0.383 e. The maximum absolute atomic E-state index is 5.46. The van der Waals surface area contributed by atoms with Crippen LogP contribution < -0.4 is 5.73 Å². The summed E-state index contributed by atoms with van der Waals surface area (Å²) in [5.41, 5.74) is 5.44. The van der Waals surface area contributed by atoms with Crippen molar-refractivity contribution in [1.82, 2.24) is 9.97 Å². The molecule has 2 N–H and O–H groups in total. The topological polar surface area (TPSA) is 51.8 Å². The molecule has 0 fully saturated rings. The third-order valence-corrected chi connectivity index (χ3v) is 1.79. The fourth-order valence-electron chi connectivity index (χ4n) is 0.483. The smallest absolute Gasteiger partial charge is 0.145 e. The highest BCUT2D eigenvalue weighted by atomic mass is 79.9. The van der Waals surface area contributed by atoms with Crippen LogP contribution in [0, 0.1) is 0 Å². The molecule has 0 radical (unpaired) electrons. The molecule has 1 rings (SSSR count). The Kier molecular flexibility index (Phi) is 2.45. The minimum atomic E-state index is 0.289. The van der Waals surface area contributed by atoms with Crippen LogP contribution in [0.2, 0.25) is 0 Å². The normalized spacial score (nSPS) is 9.80. The second-order valence-corrected chi connectivity index (χ2v) is 2.77. The van der Waals surface area contributed by atoms with E-state index in [0.717, 1.165) is 0 Å². The van der Waals surface area contributed by atoms with Crippen LogP contribution in [0.3, 0.4) is 0 Å². The molecule has 0 saturated heterocycles. The molecular formula is C5H5BrClN3. The molecule has 0 aliphatic heterocycles. The summed E-state index contributed by atoms with van der Waals surface area (Å²) in [6.45, 7) is 0. The van der Waals surface area contributed by atoms with E-state index in [-0.39, 0.29) is 5.88 Å². The van der Waals surface area contributed by atoms with Gasteiger partial charge in [0.15, 0.2) is 0 Å². The van der Waals surface area contributed by atoms with Gasteiger partial charge in [0.25, 0.3) is 0 Å². The van der Waals surface area contributed by atoms with E-state index in [1.807, 2.05) is 0 Å². The Morgan fingerprint density at radius 1 is 1.70 bits per heavy atom. The number of nitrogen functional groups attached to an aromatic ring is 1. The number of hydrogen-bond donors (Lipinski definition) is 1. The first-order valence-corrected chi connectivity index (χ1v) is 3.89. The second-order valence-electron chi connectivity index (χ2n) is 1.65. The van der Waals surface area contributed by atoms with Gasteiger partial charge in [-0.05, 0) is 15.9 Å². The van der Waals surface area contributed by atoms with Gasteiger partial charge >= 0.3 is 0 Å². The van der Waals surface area contributed by atoms with E-state index in [9.17, 15) is 0 Å². The lowest BCUT2D eigenvalue weighted by molar-refractivity contribution is 1.03. The zero-order valence-corrected chi connectivity index (χ0v) is 7.35. The van der Waals surface area contributed by atoms with Crippen molar-refractivity contribution < 1.29 is 0 Å². The second kappa shape index (κ2) is 3.16. The highest BCUT2D eigenvalue weighted by Crippen LogP contribution is 2.14. The van der Waals surface area contributed by atoms with Crippen LogP contribution in [0.5, 0.6) is 0 Å². The Morgan fingerprint density at radius 2 is 2.40 bits per heavy atom. The van der Waals surface area contributed by atoms with Gasteiger partial charge in [0.05, 0.1) is 10.4 Å². The van der Waals surface area contributed by atoms with Gasteiger partial charge in [0.2, 0.25) is 0 Å². The Balaban J connectivity index is 3.04. The van der Waals surface area contributed by atoms with Crippen LogP contribution in [0.1, 0.15) is 5.82 Å². The zero-order chi connectivity index (χ0) is 7.56. The Morgan fingerprint density at radius 3 is 2.90 bits per heavy atom. The van der Waals surface area contributed by atoms with Crippen molar-refractivity contribution in [3.05, 3.63) is 16.5 Å². The third kappa shape index (κ3) is 1.58. The molecule has 10 heavy (non-hydrogen) atoms. The first-order valence-electron chi connectivity index (χ1n) is 2.57. The van der Waals surface area contributed by atoms with Crippen LogP contribution >= 0.6 is 27.5 Å². The van der Waals surface area contributed by atoms with Crippen molar-refractivity contribution in [2.24, 2.45) is 0 Å². The molecule has 3 nitrogen and oxygen atoms in total. The highest BCUT2D eigenvalue weighted by molar-refractivity contribution is 9.10. The number of hydrogen-bond acceptors (Lipinski definition) is 3. The maximum Gasteiger partial charge on any atom is 0.145 e. The van der Waals surface area contributed by atoms with E-state index in [2.05, 4.69) is 25.9 Å². The average Bonchev–Trinajstić information content (AvgIpc) is 1.95. The molecule has 0 saturated carbocycles. The fourth-order valence-corrected chi connectivity index (χ4v) is 0.803. The van der Waals surface area contributed by atoms with Gasteiger partial charge in [-0.3, -0.25) is 0 Å². The molecule has 5 heteroatoms. The molecular weight excluding hydrogens is 217 g/mol. The lowest BCUT2D eigenvalue weighted by Crippen LogP contribution is -1.97. The predicted molar refractivity (Wildman–Crippen MR) is 43.7 cm³/mol. The summed E-state index contributed by atoms with van der Waals surface area (Å²) in [4.78, 5) is 7.77. The monoisotopic (exact) mass is 221 g/mol. The number of anilines is 1. The first-order chi connectivity index (χ1) is 4.74. The van der Waals surface area contributed by atoms with E-state index >= 15 is 0 Å². The van der Waals surface area contributed by atoms with Crippen LogP contribution in [0.25, 0.3) is 0 Å². The number of nitrogens with two attached hydrogens (primary N) is 1. The van der Waals surface area contributed by atoms with E-state index in [1.54, 1.807) is 6.20 Å². The Labute approximate surface area is 71.7 Å². The molecule has 0 aliphatic rings. The number of alkyl halides is 1. The molecule has 0 spiro atoms. The van der Waals surface area contributed by atoms with Gasteiger partial charge in [-0.25, -0.2) is 9.97 Å². The molecule has 0 aliphatic carbocycles. The highest BCUT2D eigenvalue weighted by Gasteiger charge is 1.98. The summed E-state index contributed by atoms with van der Waals surface area (Å²) in [6, 6.07) is 0. The minimum absolute atomic E-state index is 0.289. The lowest BCUT2D eigenvalue weighted by atomic mass is 10.5. The zero-order valence-electron chi connectivity index (χ0n) is 5.01. The van der Waals surface area contributed by atoms with E-state index < -0.39 is 0 Å². The number of halogens is 2. The van der Waals surface area contributed by atoms with Crippen molar-refractivity contribution in [1.29, 1.82) is 0 Å². The van der Waals surface area contributed by atoms with Crippen molar-refractivity contribution >= 4 is 33.3 Å². The third-order valence-electron chi connectivity index (χ3n) is 0.941. The summed E-state index contributed by atoms with van der Waals surface area (Å²) in [5.74, 6) is 1.25. The molecule has 1 heterocycles. The number of nitrogens with zero attached hydrogens (tertiary/aromatic N) is 2. The van der Waals surface area contributed by atoms with Crippen molar-refractivity contribution in [2.45, 2.75) is 5.88 Å². The first kappa shape index (κ1) is 7.75. The Bertz CT molecular complexity index is 240. The predicted octanol–water partition coefficient (Wildman–Crippen LogP) is 1.56. The molecule has 54 valence electrons. The summed E-state index contributed by atoms with van der Waals surface area (Å²) >= 11 is 8.62. The summed E-state index contributed by atoms with van der Waals surface area (Å²) in [5, 5.41) is 0. The quantitative estimate of drug-likeness (QED) is 0.734. The molecule has 0 atom stereocenters.